The zero-order valence-electron chi connectivity index (χ0n) is 7.68. The van der Waals surface area contributed by atoms with Crippen LogP contribution in [0, 0.1) is 3.57 Å². The topological polar surface area (TPSA) is 55.5 Å². The van der Waals surface area contributed by atoms with Gasteiger partial charge in [0.1, 0.15) is 17.7 Å². The molecular formula is C10H8INO3. The summed E-state index contributed by atoms with van der Waals surface area (Å²) in [5.41, 5.74) is 0.454. The summed E-state index contributed by atoms with van der Waals surface area (Å²) in [5.74, 6) is 0.660. The Morgan fingerprint density at radius 1 is 1.47 bits per heavy atom. The fourth-order valence-corrected chi connectivity index (χ4v) is 1.55. The van der Waals surface area contributed by atoms with Crippen molar-refractivity contribution in [3.63, 3.8) is 0 Å². The summed E-state index contributed by atoms with van der Waals surface area (Å²) in [4.78, 5) is 3.91. The molecule has 78 valence electrons. The SMILES string of the molecule is OCc1coc(Oc2cccc(I)c2)n1. The summed E-state index contributed by atoms with van der Waals surface area (Å²) in [6.45, 7) is -0.154. The maximum atomic E-state index is 8.78. The zero-order chi connectivity index (χ0) is 10.7. The molecule has 0 spiro atoms. The lowest BCUT2D eigenvalue weighted by molar-refractivity contribution is 0.276. The normalized spacial score (nSPS) is 10.3. The zero-order valence-corrected chi connectivity index (χ0v) is 9.84. The first kappa shape index (κ1) is 10.4. The van der Waals surface area contributed by atoms with E-state index in [0.717, 1.165) is 3.57 Å². The average molecular weight is 317 g/mol. The maximum absolute atomic E-state index is 8.78. The molecule has 0 aliphatic carbocycles. The number of halogens is 1. The molecule has 0 saturated heterocycles. The minimum absolute atomic E-state index is 0.140. The van der Waals surface area contributed by atoms with Gasteiger partial charge in [0.25, 0.3) is 0 Å². The molecule has 1 aromatic heterocycles. The molecule has 0 aliphatic heterocycles. The highest BCUT2D eigenvalue weighted by Gasteiger charge is 2.05. The molecule has 4 nitrogen and oxygen atoms in total. The highest BCUT2D eigenvalue weighted by Crippen LogP contribution is 2.22. The third-order valence-electron chi connectivity index (χ3n) is 1.69. The third-order valence-corrected chi connectivity index (χ3v) is 2.36. The van der Waals surface area contributed by atoms with Gasteiger partial charge < -0.3 is 14.3 Å². The van der Waals surface area contributed by atoms with Gasteiger partial charge in [0.2, 0.25) is 0 Å². The number of hydrogen-bond acceptors (Lipinski definition) is 4. The second-order valence-electron chi connectivity index (χ2n) is 2.82. The Balaban J connectivity index is 2.14. The average Bonchev–Trinajstić information content (AvgIpc) is 2.65. The van der Waals surface area contributed by atoms with Crippen LogP contribution in [0.25, 0.3) is 0 Å². The maximum Gasteiger partial charge on any atom is 0.399 e. The van der Waals surface area contributed by atoms with Gasteiger partial charge in [-0.1, -0.05) is 6.07 Å². The Hall–Kier alpha value is -1.08. The number of ether oxygens (including phenoxy) is 1. The van der Waals surface area contributed by atoms with E-state index in [1.54, 1.807) is 0 Å². The Kier molecular flexibility index (Phi) is 3.22. The van der Waals surface area contributed by atoms with Crippen LogP contribution in [0.4, 0.5) is 0 Å². The number of rotatable bonds is 3. The van der Waals surface area contributed by atoms with E-state index >= 15 is 0 Å². The fraction of sp³-hybridized carbons (Fsp3) is 0.100. The molecule has 0 aliphatic rings. The number of oxazole rings is 1. The van der Waals surface area contributed by atoms with E-state index in [4.69, 9.17) is 14.3 Å². The van der Waals surface area contributed by atoms with Crippen molar-refractivity contribution in [3.05, 3.63) is 39.8 Å². The van der Waals surface area contributed by atoms with Crippen molar-refractivity contribution in [1.29, 1.82) is 0 Å². The van der Waals surface area contributed by atoms with Gasteiger partial charge in [0.05, 0.1) is 6.61 Å². The van der Waals surface area contributed by atoms with E-state index in [9.17, 15) is 0 Å². The molecule has 5 heteroatoms. The van der Waals surface area contributed by atoms with E-state index in [-0.39, 0.29) is 12.7 Å². The Bertz CT molecular complexity index is 455. The van der Waals surface area contributed by atoms with Crippen molar-refractivity contribution in [2.45, 2.75) is 6.61 Å². The summed E-state index contributed by atoms with van der Waals surface area (Å²) < 4.78 is 11.4. The van der Waals surface area contributed by atoms with E-state index in [1.807, 2.05) is 24.3 Å². The fourth-order valence-electron chi connectivity index (χ4n) is 1.04. The molecule has 1 N–H and O–H groups in total. The molecule has 2 rings (SSSR count). The molecule has 0 bridgehead atoms. The van der Waals surface area contributed by atoms with Crippen LogP contribution < -0.4 is 4.74 Å². The van der Waals surface area contributed by atoms with Crippen LogP contribution in [0.1, 0.15) is 5.69 Å². The molecule has 1 heterocycles. The molecular weight excluding hydrogens is 309 g/mol. The lowest BCUT2D eigenvalue weighted by atomic mass is 10.3. The number of nitrogens with zero attached hydrogens (tertiary/aromatic N) is 1. The number of aromatic nitrogens is 1. The summed E-state index contributed by atoms with van der Waals surface area (Å²) in [7, 11) is 0. The Labute approximate surface area is 100 Å². The van der Waals surface area contributed by atoms with E-state index in [1.165, 1.54) is 6.26 Å². The molecule has 0 amide bonds. The highest BCUT2D eigenvalue weighted by atomic mass is 127. The van der Waals surface area contributed by atoms with Gasteiger partial charge in [0.15, 0.2) is 0 Å². The standard InChI is InChI=1S/C10H8INO3/c11-7-2-1-3-9(4-7)15-10-12-8(5-13)6-14-10/h1-4,6,13H,5H2. The predicted octanol–water partition coefficient (Wildman–Crippen LogP) is 2.56. The van der Waals surface area contributed by atoms with Gasteiger partial charge >= 0.3 is 6.08 Å². The van der Waals surface area contributed by atoms with Crippen molar-refractivity contribution in [1.82, 2.24) is 4.98 Å². The molecule has 2 aromatic rings. The van der Waals surface area contributed by atoms with Crippen LogP contribution in [0.2, 0.25) is 0 Å². The quantitative estimate of drug-likeness (QED) is 0.884. The first-order chi connectivity index (χ1) is 7.28. The number of aliphatic hydroxyl groups excluding tert-OH is 1. The number of benzene rings is 1. The highest BCUT2D eigenvalue weighted by molar-refractivity contribution is 14.1. The van der Waals surface area contributed by atoms with Crippen LogP contribution in [0.3, 0.4) is 0 Å². The van der Waals surface area contributed by atoms with Crippen molar-refractivity contribution in [2.75, 3.05) is 0 Å². The minimum atomic E-state index is -0.154. The Morgan fingerprint density at radius 2 is 2.33 bits per heavy atom. The lowest BCUT2D eigenvalue weighted by Gasteiger charge is -1.99. The van der Waals surface area contributed by atoms with Crippen LogP contribution in [-0.4, -0.2) is 10.1 Å². The molecule has 15 heavy (non-hydrogen) atoms. The van der Waals surface area contributed by atoms with Crippen LogP contribution in [-0.2, 0) is 6.61 Å². The molecule has 0 saturated carbocycles. The monoisotopic (exact) mass is 317 g/mol. The summed E-state index contributed by atoms with van der Waals surface area (Å²) >= 11 is 2.19. The first-order valence-corrected chi connectivity index (χ1v) is 5.34. The number of hydrogen-bond donors (Lipinski definition) is 1. The molecule has 0 unspecified atom stereocenters. The van der Waals surface area contributed by atoms with Crippen molar-refractivity contribution >= 4 is 22.6 Å². The summed E-state index contributed by atoms with van der Waals surface area (Å²) in [5, 5.41) is 8.78. The largest absolute Gasteiger partial charge is 0.417 e. The van der Waals surface area contributed by atoms with Crippen LogP contribution >= 0.6 is 22.6 Å². The Morgan fingerprint density at radius 3 is 3.00 bits per heavy atom. The van der Waals surface area contributed by atoms with Gasteiger partial charge in [0, 0.05) is 3.57 Å². The molecule has 1 aromatic carbocycles. The number of aliphatic hydroxyl groups is 1. The second-order valence-corrected chi connectivity index (χ2v) is 4.07. The lowest BCUT2D eigenvalue weighted by Crippen LogP contribution is -1.86. The van der Waals surface area contributed by atoms with Crippen molar-refractivity contribution < 1.29 is 14.3 Å². The molecule has 0 radical (unpaired) electrons. The first-order valence-electron chi connectivity index (χ1n) is 4.26. The summed E-state index contributed by atoms with van der Waals surface area (Å²) in [6, 6.07) is 7.52. The summed E-state index contributed by atoms with van der Waals surface area (Å²) in [6.07, 6.45) is 1.50. The van der Waals surface area contributed by atoms with Gasteiger partial charge in [-0.15, -0.1) is 0 Å². The third kappa shape index (κ3) is 2.69. The van der Waals surface area contributed by atoms with E-state index in [2.05, 4.69) is 27.6 Å². The van der Waals surface area contributed by atoms with Crippen LogP contribution in [0.15, 0.2) is 34.9 Å². The van der Waals surface area contributed by atoms with Gasteiger partial charge in [-0.2, -0.15) is 4.98 Å². The van der Waals surface area contributed by atoms with Crippen molar-refractivity contribution in [3.8, 4) is 11.8 Å². The van der Waals surface area contributed by atoms with Crippen LogP contribution in [0.5, 0.6) is 11.8 Å². The molecule has 0 fully saturated rings. The smallest absolute Gasteiger partial charge is 0.399 e. The predicted molar refractivity (Wildman–Crippen MR) is 61.7 cm³/mol. The molecule has 0 atom stereocenters. The van der Waals surface area contributed by atoms with Gasteiger partial charge in [-0.25, -0.2) is 0 Å². The van der Waals surface area contributed by atoms with E-state index < -0.39 is 0 Å². The minimum Gasteiger partial charge on any atom is -0.417 e. The van der Waals surface area contributed by atoms with Gasteiger partial charge in [-0.05, 0) is 40.8 Å². The second kappa shape index (κ2) is 4.63. The van der Waals surface area contributed by atoms with E-state index in [0.29, 0.717) is 11.4 Å². The van der Waals surface area contributed by atoms with Crippen molar-refractivity contribution in [2.24, 2.45) is 0 Å². The van der Waals surface area contributed by atoms with Gasteiger partial charge in [-0.3, -0.25) is 0 Å².